The van der Waals surface area contributed by atoms with Gasteiger partial charge in [0.25, 0.3) is 0 Å². The molecule has 2 N–H and O–H groups in total. The van der Waals surface area contributed by atoms with Gasteiger partial charge in [0.15, 0.2) is 0 Å². The molecule has 8 fully saturated rings. The maximum atomic E-state index is 12.6. The molecule has 8 aliphatic carbocycles. The normalized spacial score (nSPS) is 46.9. The van der Waals surface area contributed by atoms with Crippen molar-refractivity contribution >= 4 is 21.1 Å². The lowest BCUT2D eigenvalue weighted by molar-refractivity contribution is 0.000338. The summed E-state index contributed by atoms with van der Waals surface area (Å²) < 4.78 is 87.0. The molecular formula is C20H32F6N2O2S2. The van der Waals surface area contributed by atoms with E-state index >= 15 is 0 Å². The summed E-state index contributed by atoms with van der Waals surface area (Å²) in [7, 11) is -13.0. The summed E-state index contributed by atoms with van der Waals surface area (Å²) in [4.78, 5) is 0. The topological polar surface area (TPSA) is 72.5 Å². The van der Waals surface area contributed by atoms with Gasteiger partial charge in [-0.15, -0.1) is 0 Å². The molecule has 32 heavy (non-hydrogen) atoms. The lowest BCUT2D eigenvalue weighted by Crippen LogP contribution is -2.55. The van der Waals surface area contributed by atoms with Crippen LogP contribution in [0, 0.1) is 35.5 Å². The van der Waals surface area contributed by atoms with E-state index in [-0.39, 0.29) is 0 Å². The van der Waals surface area contributed by atoms with Crippen LogP contribution in [0.1, 0.15) is 77.0 Å². The van der Waals surface area contributed by atoms with E-state index in [9.17, 15) is 27.5 Å². The van der Waals surface area contributed by atoms with Crippen LogP contribution in [-0.2, 0) is 21.1 Å². The Morgan fingerprint density at radius 1 is 0.688 bits per heavy atom. The Kier molecular flexibility index (Phi) is 6.06. The van der Waals surface area contributed by atoms with Gasteiger partial charge < -0.3 is 5.73 Å². The largest absolute Gasteiger partial charge is 0.456 e. The molecule has 0 spiro atoms. The second-order valence-corrected chi connectivity index (χ2v) is 13.7. The zero-order valence-corrected chi connectivity index (χ0v) is 19.5. The van der Waals surface area contributed by atoms with E-state index < -0.39 is 26.6 Å². The van der Waals surface area contributed by atoms with Crippen LogP contribution in [0.5, 0.6) is 0 Å². The number of halogens is 6. The Morgan fingerprint density at radius 2 is 0.938 bits per heavy atom. The maximum absolute atomic E-state index is 12.6. The first kappa shape index (κ1) is 24.8. The van der Waals surface area contributed by atoms with E-state index in [4.69, 9.17) is 9.94 Å². The molecule has 8 bridgehead atoms. The minimum atomic E-state index is -8.10. The van der Waals surface area contributed by atoms with E-state index in [1.165, 1.54) is 57.8 Å². The molecule has 4 nitrogen and oxygen atoms in total. The molecule has 0 aliphatic heterocycles. The minimum Gasteiger partial charge on any atom is -0.325 e. The summed E-state index contributed by atoms with van der Waals surface area (Å²) in [5, 5.41) is 0. The van der Waals surface area contributed by atoms with Crippen molar-refractivity contribution in [2.45, 2.75) is 88.1 Å². The average molecular weight is 511 g/mol. The van der Waals surface area contributed by atoms with Gasteiger partial charge in [-0.3, -0.25) is 0 Å². The number of rotatable bonds is 1. The predicted molar refractivity (Wildman–Crippen MR) is 111 cm³/mol. The van der Waals surface area contributed by atoms with E-state index in [0.29, 0.717) is 23.3 Å². The van der Waals surface area contributed by atoms with Crippen LogP contribution in [0.15, 0.2) is 4.36 Å². The fourth-order valence-corrected chi connectivity index (χ4v) is 9.25. The second kappa shape index (κ2) is 7.83. The SMILES string of the molecule is NC12CC3CC(CC(C3)C1)C2.O=S(F)(F)(F)F.O=S(F)(F)=NC12CC3CC(CC(C3)C1)C2. The van der Waals surface area contributed by atoms with Crippen LogP contribution < -0.4 is 5.73 Å². The van der Waals surface area contributed by atoms with Gasteiger partial charge in [-0.2, -0.15) is 12.8 Å². The second-order valence-electron chi connectivity index (χ2n) is 11.5. The molecular weight excluding hydrogens is 478 g/mol. The first-order valence-electron chi connectivity index (χ1n) is 11.4. The fourth-order valence-electron chi connectivity index (χ4n) is 8.58. The Balaban J connectivity index is 0.000000127. The lowest BCUT2D eigenvalue weighted by atomic mass is 9.53. The molecule has 8 aliphatic rings. The van der Waals surface area contributed by atoms with E-state index in [0.717, 1.165) is 37.0 Å². The third kappa shape index (κ3) is 6.84. The highest BCUT2D eigenvalue weighted by Crippen LogP contribution is 2.57. The van der Waals surface area contributed by atoms with Crippen molar-refractivity contribution in [1.29, 1.82) is 0 Å². The third-order valence-corrected chi connectivity index (χ3v) is 8.99. The molecule has 0 aromatic carbocycles. The van der Waals surface area contributed by atoms with Crippen molar-refractivity contribution in [2.75, 3.05) is 0 Å². The lowest BCUT2D eigenvalue weighted by Gasteiger charge is -2.55. The van der Waals surface area contributed by atoms with Gasteiger partial charge in [-0.25, -0.2) is 0 Å². The number of hydrogen-bond acceptors (Lipinski definition) is 4. The number of nitrogens with two attached hydrogens (primary N) is 1. The average Bonchev–Trinajstić information content (AvgIpc) is 2.46. The standard InChI is InChI=1S/C10H15F2NOS.C10H17N.F4OS/c11-15(12,14)13-10-4-7-1-8(5-10)3-9(2-7)6-10;11-10-4-7-1-8(5-10)3-9(2-7)6-10;1-6(2,3,4)5/h7-9H,1-6H2;7-9H,1-6,11H2;. The van der Waals surface area contributed by atoms with Crippen molar-refractivity contribution in [3.05, 3.63) is 0 Å². The van der Waals surface area contributed by atoms with Crippen LogP contribution in [0.4, 0.5) is 23.3 Å². The molecule has 0 radical (unpaired) electrons. The van der Waals surface area contributed by atoms with Crippen molar-refractivity contribution in [3.8, 4) is 0 Å². The van der Waals surface area contributed by atoms with Crippen LogP contribution in [0.2, 0.25) is 0 Å². The highest BCUT2D eigenvalue weighted by atomic mass is 32.4. The summed E-state index contributed by atoms with van der Waals surface area (Å²) in [6.45, 7) is 0. The molecule has 0 aromatic rings. The quantitative estimate of drug-likeness (QED) is 0.325. The Morgan fingerprint density at radius 3 is 1.16 bits per heavy atom. The van der Waals surface area contributed by atoms with Gasteiger partial charge in [0, 0.05) is 5.54 Å². The van der Waals surface area contributed by atoms with E-state index in [1.54, 1.807) is 0 Å². The Bertz CT molecular complexity index is 827. The first-order chi connectivity index (χ1) is 14.4. The monoisotopic (exact) mass is 510 g/mol. The zero-order chi connectivity index (χ0) is 23.6. The van der Waals surface area contributed by atoms with Gasteiger partial charge in [-0.05, 0) is 113 Å². The van der Waals surface area contributed by atoms with Crippen molar-refractivity contribution in [2.24, 2.45) is 45.6 Å². The van der Waals surface area contributed by atoms with Crippen molar-refractivity contribution in [1.82, 2.24) is 0 Å². The fraction of sp³-hybridized carbons (Fsp3) is 1.00. The Labute approximate surface area is 186 Å². The zero-order valence-electron chi connectivity index (χ0n) is 17.9. The first-order valence-corrected chi connectivity index (χ1v) is 14.3. The molecule has 0 atom stereocenters. The van der Waals surface area contributed by atoms with Gasteiger partial charge in [0.05, 0.1) is 5.54 Å². The van der Waals surface area contributed by atoms with Crippen LogP contribution in [-0.4, -0.2) is 19.5 Å². The van der Waals surface area contributed by atoms with Gasteiger partial charge >= 0.3 is 21.1 Å². The van der Waals surface area contributed by atoms with Crippen molar-refractivity contribution in [3.63, 3.8) is 0 Å². The van der Waals surface area contributed by atoms with Crippen molar-refractivity contribution < 1.29 is 31.7 Å². The van der Waals surface area contributed by atoms with Gasteiger partial charge in [0.2, 0.25) is 0 Å². The van der Waals surface area contributed by atoms with Crippen LogP contribution in [0.25, 0.3) is 0 Å². The molecule has 8 saturated carbocycles. The molecule has 0 amide bonds. The smallest absolute Gasteiger partial charge is 0.325 e. The summed E-state index contributed by atoms with van der Waals surface area (Å²) in [5.41, 5.74) is 6.01. The predicted octanol–water partition coefficient (Wildman–Crippen LogP) is 6.45. The highest BCUT2D eigenvalue weighted by Gasteiger charge is 2.52. The summed E-state index contributed by atoms with van der Waals surface area (Å²) in [6.07, 6.45) is 14.4. The molecule has 0 saturated heterocycles. The molecule has 188 valence electrons. The summed E-state index contributed by atoms with van der Waals surface area (Å²) in [6, 6.07) is 0. The van der Waals surface area contributed by atoms with Crippen LogP contribution >= 0.6 is 0 Å². The summed E-state index contributed by atoms with van der Waals surface area (Å²) >= 11 is 0. The number of hydrogen-bond donors (Lipinski definition) is 1. The maximum Gasteiger partial charge on any atom is 0.456 e. The third-order valence-electron chi connectivity index (χ3n) is 8.39. The molecule has 0 heterocycles. The number of nitrogens with zero attached hydrogens (tertiary/aromatic N) is 1. The van der Waals surface area contributed by atoms with Gasteiger partial charge in [0.1, 0.15) is 0 Å². The van der Waals surface area contributed by atoms with Crippen LogP contribution in [0.3, 0.4) is 0 Å². The van der Waals surface area contributed by atoms with E-state index in [1.807, 2.05) is 0 Å². The van der Waals surface area contributed by atoms with Gasteiger partial charge in [-0.1, -0.05) is 23.3 Å². The summed E-state index contributed by atoms with van der Waals surface area (Å²) in [5.74, 6) is 4.77. The molecule has 0 unspecified atom stereocenters. The van der Waals surface area contributed by atoms with E-state index in [2.05, 4.69) is 4.36 Å². The minimum absolute atomic E-state index is 0.300. The highest BCUT2D eigenvalue weighted by molar-refractivity contribution is 8.01. The Hall–Kier alpha value is -0.360. The molecule has 12 heteroatoms. The molecule has 8 rings (SSSR count). The molecule has 0 aromatic heterocycles.